The Bertz CT molecular complexity index is 574. The van der Waals surface area contributed by atoms with E-state index in [-0.39, 0.29) is 24.1 Å². The molecule has 0 bridgehead atoms. The zero-order valence-electron chi connectivity index (χ0n) is 13.0. The molecule has 0 spiro atoms. The quantitative estimate of drug-likeness (QED) is 0.784. The first-order valence-corrected chi connectivity index (χ1v) is 9.00. The van der Waals surface area contributed by atoms with Crippen molar-refractivity contribution in [2.75, 3.05) is 6.61 Å². The summed E-state index contributed by atoms with van der Waals surface area (Å²) in [6.07, 6.45) is 5.57. The van der Waals surface area contributed by atoms with Crippen molar-refractivity contribution in [2.45, 2.75) is 48.2 Å². The number of aliphatic hydroxyl groups is 1. The Labute approximate surface area is 141 Å². The lowest BCUT2D eigenvalue weighted by molar-refractivity contribution is 0.0933. The van der Waals surface area contributed by atoms with E-state index in [0.29, 0.717) is 6.04 Å². The van der Waals surface area contributed by atoms with Gasteiger partial charge in [-0.25, -0.2) is 0 Å². The number of hydrogen-bond donors (Lipinski definition) is 2. The van der Waals surface area contributed by atoms with Gasteiger partial charge in [-0.05, 0) is 37.8 Å². The first-order valence-electron chi connectivity index (χ1n) is 8.12. The van der Waals surface area contributed by atoms with Gasteiger partial charge >= 0.3 is 0 Å². The molecule has 122 valence electrons. The molecule has 1 saturated heterocycles. The minimum Gasteiger partial charge on any atom is -0.396 e. The monoisotopic (exact) mass is 330 g/mol. The third-order valence-electron chi connectivity index (χ3n) is 4.30. The Kier molecular flexibility index (Phi) is 5.55. The van der Waals surface area contributed by atoms with Gasteiger partial charge in [0.1, 0.15) is 17.5 Å². The van der Waals surface area contributed by atoms with Gasteiger partial charge in [0.25, 0.3) is 0 Å². The van der Waals surface area contributed by atoms with Crippen molar-refractivity contribution in [3.8, 4) is 6.07 Å². The van der Waals surface area contributed by atoms with Crippen LogP contribution in [0.3, 0.4) is 0 Å². The Hall–Kier alpha value is -1.55. The van der Waals surface area contributed by atoms with E-state index in [1.165, 1.54) is 4.90 Å². The van der Waals surface area contributed by atoms with Crippen molar-refractivity contribution in [2.24, 2.45) is 11.0 Å². The second kappa shape index (κ2) is 7.82. The second-order valence-electron chi connectivity index (χ2n) is 5.95. The van der Waals surface area contributed by atoms with Crippen molar-refractivity contribution in [3.63, 3.8) is 0 Å². The fourth-order valence-corrected chi connectivity index (χ4v) is 4.38. The van der Waals surface area contributed by atoms with Crippen LogP contribution in [0.1, 0.15) is 25.7 Å². The van der Waals surface area contributed by atoms with E-state index in [1.54, 1.807) is 6.21 Å². The van der Waals surface area contributed by atoms with Crippen molar-refractivity contribution in [3.05, 3.63) is 30.3 Å². The van der Waals surface area contributed by atoms with Crippen LogP contribution < -0.4 is 5.32 Å². The highest BCUT2D eigenvalue weighted by atomic mass is 32.2. The lowest BCUT2D eigenvalue weighted by Crippen LogP contribution is -2.57. The molecule has 3 rings (SSSR count). The fourth-order valence-electron chi connectivity index (χ4n) is 3.13. The van der Waals surface area contributed by atoms with Gasteiger partial charge in [0.2, 0.25) is 0 Å². The summed E-state index contributed by atoms with van der Waals surface area (Å²) in [5, 5.41) is 28.6. The molecule has 2 aliphatic rings. The number of benzene rings is 1. The van der Waals surface area contributed by atoms with Crippen molar-refractivity contribution in [1.29, 1.82) is 5.26 Å². The summed E-state index contributed by atoms with van der Waals surface area (Å²) >= 11 is 1.81. The summed E-state index contributed by atoms with van der Waals surface area (Å²) in [7, 11) is 0. The second-order valence-corrected chi connectivity index (χ2v) is 7.20. The minimum atomic E-state index is -0.200. The molecule has 0 radical (unpaired) electrons. The van der Waals surface area contributed by atoms with Crippen LogP contribution in [0.4, 0.5) is 0 Å². The SMILES string of the molecule is N#CC1C=NN2C(Sc3ccccc3)CC(CCCCO)NC12. The normalized spacial score (nSPS) is 29.3. The average molecular weight is 330 g/mol. The summed E-state index contributed by atoms with van der Waals surface area (Å²) in [5.74, 6) is -0.200. The number of thioether (sulfide) groups is 1. The van der Waals surface area contributed by atoms with E-state index < -0.39 is 0 Å². The number of unbranched alkanes of at least 4 members (excludes halogenated alkanes) is 1. The van der Waals surface area contributed by atoms with Crippen LogP contribution in [-0.4, -0.2) is 40.5 Å². The number of fused-ring (bicyclic) bond motifs is 1. The molecule has 0 aromatic heterocycles. The summed E-state index contributed by atoms with van der Waals surface area (Å²) in [4.78, 5) is 1.22. The molecule has 2 heterocycles. The smallest absolute Gasteiger partial charge is 0.119 e. The Balaban J connectivity index is 1.70. The highest BCUT2D eigenvalue weighted by Gasteiger charge is 2.41. The summed E-state index contributed by atoms with van der Waals surface area (Å²) in [6, 6.07) is 13.0. The third-order valence-corrected chi connectivity index (χ3v) is 5.52. The first-order chi connectivity index (χ1) is 11.3. The molecular formula is C17H22N4OS. The van der Waals surface area contributed by atoms with E-state index in [0.717, 1.165) is 25.7 Å². The third kappa shape index (κ3) is 3.86. The fraction of sp³-hybridized carbons (Fsp3) is 0.529. The van der Waals surface area contributed by atoms with Gasteiger partial charge in [0.15, 0.2) is 0 Å². The average Bonchev–Trinajstić information content (AvgIpc) is 2.99. The van der Waals surface area contributed by atoms with Crippen LogP contribution in [0, 0.1) is 17.2 Å². The van der Waals surface area contributed by atoms with Crippen molar-refractivity contribution >= 4 is 18.0 Å². The van der Waals surface area contributed by atoms with Gasteiger partial charge < -0.3 is 5.11 Å². The standard InChI is InChI=1S/C17H22N4OS/c18-11-13-12-19-21-16(23-15-7-2-1-3-8-15)10-14(20-17(13)21)6-4-5-9-22/h1-3,7-8,12-14,16-17,20,22H,4-6,9-10H2. The van der Waals surface area contributed by atoms with Gasteiger partial charge in [-0.15, -0.1) is 0 Å². The summed E-state index contributed by atoms with van der Waals surface area (Å²) < 4.78 is 0. The number of rotatable bonds is 6. The number of nitriles is 1. The van der Waals surface area contributed by atoms with E-state index in [2.05, 4.69) is 28.6 Å². The zero-order valence-corrected chi connectivity index (χ0v) is 13.8. The lowest BCUT2D eigenvalue weighted by Gasteiger charge is -2.42. The van der Waals surface area contributed by atoms with Crippen LogP contribution in [0.15, 0.2) is 40.3 Å². The van der Waals surface area contributed by atoms with E-state index in [9.17, 15) is 5.26 Å². The number of aliphatic hydroxyl groups excluding tert-OH is 1. The molecule has 2 aliphatic heterocycles. The van der Waals surface area contributed by atoms with E-state index >= 15 is 0 Å². The number of nitrogens with one attached hydrogen (secondary N) is 1. The topological polar surface area (TPSA) is 71.7 Å². The molecule has 6 heteroatoms. The first kappa shape index (κ1) is 16.3. The van der Waals surface area contributed by atoms with Crippen LogP contribution in [0.5, 0.6) is 0 Å². The number of hydrogen-bond acceptors (Lipinski definition) is 6. The van der Waals surface area contributed by atoms with Gasteiger partial charge in [0.05, 0.1) is 6.07 Å². The Morgan fingerprint density at radius 2 is 2.17 bits per heavy atom. The zero-order chi connectivity index (χ0) is 16.1. The molecule has 0 saturated carbocycles. The number of nitrogens with zero attached hydrogens (tertiary/aromatic N) is 3. The van der Waals surface area contributed by atoms with Gasteiger partial charge in [-0.3, -0.25) is 10.3 Å². The predicted octanol–water partition coefficient (Wildman–Crippen LogP) is 2.40. The van der Waals surface area contributed by atoms with Gasteiger partial charge in [0, 0.05) is 23.8 Å². The molecule has 1 aromatic carbocycles. The van der Waals surface area contributed by atoms with E-state index in [4.69, 9.17) is 5.11 Å². The molecule has 23 heavy (non-hydrogen) atoms. The molecule has 2 N–H and O–H groups in total. The Morgan fingerprint density at radius 1 is 1.35 bits per heavy atom. The molecule has 4 unspecified atom stereocenters. The maximum atomic E-state index is 9.33. The van der Waals surface area contributed by atoms with Crippen LogP contribution >= 0.6 is 11.8 Å². The van der Waals surface area contributed by atoms with Crippen LogP contribution in [-0.2, 0) is 0 Å². The molecule has 0 amide bonds. The van der Waals surface area contributed by atoms with Crippen LogP contribution in [0.2, 0.25) is 0 Å². The van der Waals surface area contributed by atoms with E-state index in [1.807, 2.05) is 35.0 Å². The van der Waals surface area contributed by atoms with Crippen LogP contribution in [0.25, 0.3) is 0 Å². The largest absolute Gasteiger partial charge is 0.396 e. The molecule has 4 atom stereocenters. The highest BCUT2D eigenvalue weighted by Crippen LogP contribution is 2.36. The van der Waals surface area contributed by atoms with Gasteiger partial charge in [-0.2, -0.15) is 10.4 Å². The molecule has 1 aromatic rings. The number of hydrazone groups is 1. The highest BCUT2D eigenvalue weighted by molar-refractivity contribution is 7.99. The predicted molar refractivity (Wildman–Crippen MR) is 91.8 cm³/mol. The molecular weight excluding hydrogens is 308 g/mol. The minimum absolute atomic E-state index is 0.0333. The molecule has 0 aliphatic carbocycles. The summed E-state index contributed by atoms with van der Waals surface area (Å²) in [6.45, 7) is 0.244. The lowest BCUT2D eigenvalue weighted by atomic mass is 10.0. The Morgan fingerprint density at radius 3 is 2.91 bits per heavy atom. The summed E-state index contributed by atoms with van der Waals surface area (Å²) in [5.41, 5.74) is 0. The van der Waals surface area contributed by atoms with Crippen molar-refractivity contribution in [1.82, 2.24) is 10.3 Å². The maximum absolute atomic E-state index is 9.33. The van der Waals surface area contributed by atoms with Gasteiger partial charge in [-0.1, -0.05) is 30.0 Å². The maximum Gasteiger partial charge on any atom is 0.119 e. The molecule has 5 nitrogen and oxygen atoms in total. The van der Waals surface area contributed by atoms with Crippen molar-refractivity contribution < 1.29 is 5.11 Å². The molecule has 1 fully saturated rings.